The van der Waals surface area contributed by atoms with Gasteiger partial charge in [0.15, 0.2) is 0 Å². The van der Waals surface area contributed by atoms with Crippen LogP contribution in [-0.4, -0.2) is 55.2 Å². The molecule has 1 amide bonds. The van der Waals surface area contributed by atoms with Gasteiger partial charge < -0.3 is 10.0 Å². The molecule has 2 fully saturated rings. The van der Waals surface area contributed by atoms with E-state index in [1.165, 1.54) is 4.90 Å². The number of rotatable bonds is 4. The highest BCUT2D eigenvalue weighted by Crippen LogP contribution is 2.64. The number of likely N-dealkylation sites (tertiary alicyclic amines) is 1. The van der Waals surface area contributed by atoms with Crippen LogP contribution in [-0.2, 0) is 19.6 Å². The van der Waals surface area contributed by atoms with Gasteiger partial charge in [0.2, 0.25) is 15.9 Å². The number of sulfonamides is 1. The normalized spacial score (nSPS) is 30.7. The summed E-state index contributed by atoms with van der Waals surface area (Å²) in [6, 6.07) is -1.87. The number of fused-ring (bicyclic) bond motifs is 1. The van der Waals surface area contributed by atoms with Crippen molar-refractivity contribution < 1.29 is 23.1 Å². The molecular formula is C15H26N2O5S. The highest BCUT2D eigenvalue weighted by atomic mass is 32.2. The van der Waals surface area contributed by atoms with Gasteiger partial charge in [-0.3, -0.25) is 4.79 Å². The average molecular weight is 346 g/mol. The molecule has 2 rings (SSSR count). The van der Waals surface area contributed by atoms with Crippen molar-refractivity contribution in [3.63, 3.8) is 0 Å². The summed E-state index contributed by atoms with van der Waals surface area (Å²) in [4.78, 5) is 25.9. The standard InChI is InChI=1S/C15H26N2O5S/c1-14(2,3)11(16-23(6,21)22)12(18)17-7-8-9(15(8,4)5)10(17)13(19)20/h8-11,16H,7H2,1-6H3,(H,19,20)/t8-,9-,10-,11+/m0/s1. The van der Waals surface area contributed by atoms with Gasteiger partial charge in [-0.2, -0.15) is 0 Å². The Balaban J connectivity index is 2.29. The fourth-order valence-corrected chi connectivity index (χ4v) is 4.66. The molecule has 1 aliphatic heterocycles. The first-order valence-corrected chi connectivity index (χ1v) is 9.57. The number of aliphatic carboxylic acids is 1. The Morgan fingerprint density at radius 3 is 2.22 bits per heavy atom. The third-order valence-electron chi connectivity index (χ3n) is 5.19. The minimum absolute atomic E-state index is 0.0668. The van der Waals surface area contributed by atoms with E-state index in [4.69, 9.17) is 0 Å². The number of carbonyl (C=O) groups excluding carboxylic acids is 1. The van der Waals surface area contributed by atoms with Gasteiger partial charge in [0, 0.05) is 12.5 Å². The summed E-state index contributed by atoms with van der Waals surface area (Å²) in [7, 11) is -3.59. The fourth-order valence-electron chi connectivity index (χ4n) is 3.77. The van der Waals surface area contributed by atoms with E-state index < -0.39 is 39.4 Å². The molecular weight excluding hydrogens is 320 g/mol. The Hall–Kier alpha value is -1.15. The van der Waals surface area contributed by atoms with Crippen molar-refractivity contribution in [2.24, 2.45) is 22.7 Å². The summed E-state index contributed by atoms with van der Waals surface area (Å²) in [6.45, 7) is 9.65. The fraction of sp³-hybridized carbons (Fsp3) is 0.867. The van der Waals surface area contributed by atoms with Crippen molar-refractivity contribution in [2.45, 2.75) is 46.7 Å². The van der Waals surface area contributed by atoms with Gasteiger partial charge in [-0.1, -0.05) is 34.6 Å². The molecule has 0 aromatic heterocycles. The molecule has 0 bridgehead atoms. The monoisotopic (exact) mass is 346 g/mol. The molecule has 0 radical (unpaired) electrons. The minimum atomic E-state index is -3.59. The van der Waals surface area contributed by atoms with E-state index in [0.29, 0.717) is 6.54 Å². The van der Waals surface area contributed by atoms with Gasteiger partial charge in [-0.05, 0) is 16.7 Å². The van der Waals surface area contributed by atoms with Gasteiger partial charge in [0.05, 0.1) is 6.26 Å². The molecule has 0 aromatic rings. The number of piperidine rings is 1. The van der Waals surface area contributed by atoms with Crippen molar-refractivity contribution in [1.29, 1.82) is 0 Å². The second-order valence-corrected chi connectivity index (χ2v) is 10.2. The maximum absolute atomic E-state index is 12.9. The number of carboxylic acid groups (broad SMARTS) is 1. The quantitative estimate of drug-likeness (QED) is 0.772. The molecule has 0 aromatic carbocycles. The van der Waals surface area contributed by atoms with Crippen LogP contribution in [0.2, 0.25) is 0 Å². The van der Waals surface area contributed by atoms with Crippen LogP contribution in [0.25, 0.3) is 0 Å². The van der Waals surface area contributed by atoms with Crippen LogP contribution in [0.1, 0.15) is 34.6 Å². The molecule has 1 aliphatic carbocycles. The first kappa shape index (κ1) is 18.2. The second-order valence-electron chi connectivity index (χ2n) is 8.42. The smallest absolute Gasteiger partial charge is 0.326 e. The largest absolute Gasteiger partial charge is 0.480 e. The zero-order valence-electron chi connectivity index (χ0n) is 14.5. The van der Waals surface area contributed by atoms with E-state index >= 15 is 0 Å². The summed E-state index contributed by atoms with van der Waals surface area (Å²) in [6.07, 6.45) is 0.998. The van der Waals surface area contributed by atoms with Crippen molar-refractivity contribution >= 4 is 21.9 Å². The van der Waals surface area contributed by atoms with Crippen molar-refractivity contribution in [1.82, 2.24) is 9.62 Å². The number of nitrogens with zero attached hydrogens (tertiary/aromatic N) is 1. The predicted molar refractivity (Wildman–Crippen MR) is 85.1 cm³/mol. The molecule has 1 saturated heterocycles. The number of hydrogen-bond acceptors (Lipinski definition) is 4. The van der Waals surface area contributed by atoms with Crippen LogP contribution in [0, 0.1) is 22.7 Å². The average Bonchev–Trinajstić information content (AvgIpc) is 2.73. The van der Waals surface area contributed by atoms with E-state index in [1.807, 2.05) is 13.8 Å². The summed E-state index contributed by atoms with van der Waals surface area (Å²) in [5, 5.41) is 9.55. The van der Waals surface area contributed by atoms with Gasteiger partial charge >= 0.3 is 5.97 Å². The summed E-state index contributed by atoms with van der Waals surface area (Å²) >= 11 is 0. The number of amides is 1. The molecule has 132 valence electrons. The van der Waals surface area contributed by atoms with Gasteiger partial charge in [0.25, 0.3) is 0 Å². The Kier molecular flexibility index (Phi) is 4.09. The molecule has 7 nitrogen and oxygen atoms in total. The molecule has 1 saturated carbocycles. The Bertz CT molecular complexity index is 635. The lowest BCUT2D eigenvalue weighted by Gasteiger charge is -2.36. The maximum Gasteiger partial charge on any atom is 0.326 e. The maximum atomic E-state index is 12.9. The zero-order chi connectivity index (χ0) is 18.0. The lowest BCUT2D eigenvalue weighted by molar-refractivity contribution is -0.152. The lowest BCUT2D eigenvalue weighted by atomic mass is 9.86. The van der Waals surface area contributed by atoms with Crippen molar-refractivity contribution in [3.8, 4) is 0 Å². The van der Waals surface area contributed by atoms with Crippen LogP contribution < -0.4 is 4.72 Å². The highest BCUT2D eigenvalue weighted by molar-refractivity contribution is 7.88. The third-order valence-corrected chi connectivity index (χ3v) is 5.85. The van der Waals surface area contributed by atoms with E-state index in [1.54, 1.807) is 20.8 Å². The van der Waals surface area contributed by atoms with E-state index in [-0.39, 0.29) is 17.3 Å². The number of carbonyl (C=O) groups is 2. The Morgan fingerprint density at radius 1 is 1.30 bits per heavy atom. The van der Waals surface area contributed by atoms with Crippen molar-refractivity contribution in [2.75, 3.05) is 12.8 Å². The summed E-state index contributed by atoms with van der Waals surface area (Å²) in [5.74, 6) is -1.39. The first-order chi connectivity index (χ1) is 10.2. The van der Waals surface area contributed by atoms with Gasteiger partial charge in [-0.15, -0.1) is 0 Å². The summed E-state index contributed by atoms with van der Waals surface area (Å²) < 4.78 is 25.6. The number of hydrogen-bond donors (Lipinski definition) is 2. The molecule has 8 heteroatoms. The van der Waals surface area contributed by atoms with E-state index in [0.717, 1.165) is 6.26 Å². The van der Waals surface area contributed by atoms with Crippen LogP contribution in [0.15, 0.2) is 0 Å². The molecule has 1 heterocycles. The zero-order valence-corrected chi connectivity index (χ0v) is 15.3. The Labute approximate surface area is 137 Å². The summed E-state index contributed by atoms with van der Waals surface area (Å²) in [5.41, 5.74) is -0.743. The molecule has 4 atom stereocenters. The van der Waals surface area contributed by atoms with E-state index in [2.05, 4.69) is 4.72 Å². The van der Waals surface area contributed by atoms with Crippen LogP contribution in [0.3, 0.4) is 0 Å². The number of carboxylic acids is 1. The first-order valence-electron chi connectivity index (χ1n) is 7.68. The second kappa shape index (κ2) is 5.17. The number of nitrogens with one attached hydrogen (secondary N) is 1. The molecule has 2 aliphatic rings. The minimum Gasteiger partial charge on any atom is -0.480 e. The SMILES string of the molecule is CC(C)(C)[C@H](NS(C)(=O)=O)C(=O)N1C[C@H]2[C@@H]([C@H]1C(=O)O)C2(C)C. The topological polar surface area (TPSA) is 104 Å². The van der Waals surface area contributed by atoms with Gasteiger partial charge in [-0.25, -0.2) is 17.9 Å². The van der Waals surface area contributed by atoms with Crippen LogP contribution in [0.4, 0.5) is 0 Å². The molecule has 2 N–H and O–H groups in total. The molecule has 0 spiro atoms. The third kappa shape index (κ3) is 3.24. The Morgan fingerprint density at radius 2 is 1.83 bits per heavy atom. The predicted octanol–water partition coefficient (Wildman–Crippen LogP) is 0.518. The van der Waals surface area contributed by atoms with Crippen LogP contribution >= 0.6 is 0 Å². The van der Waals surface area contributed by atoms with Crippen molar-refractivity contribution in [3.05, 3.63) is 0 Å². The molecule has 0 unspecified atom stereocenters. The highest BCUT2D eigenvalue weighted by Gasteiger charge is 2.70. The molecule has 23 heavy (non-hydrogen) atoms. The lowest BCUT2D eigenvalue weighted by Crippen LogP contribution is -2.57. The van der Waals surface area contributed by atoms with Crippen LogP contribution in [0.5, 0.6) is 0 Å². The van der Waals surface area contributed by atoms with E-state index in [9.17, 15) is 23.1 Å². The van der Waals surface area contributed by atoms with Gasteiger partial charge in [0.1, 0.15) is 12.1 Å².